The molecule has 2 unspecified atom stereocenters. The Kier molecular flexibility index (Phi) is 3.20. The van der Waals surface area contributed by atoms with Gasteiger partial charge in [-0.3, -0.25) is 8.98 Å². The molecule has 1 aliphatic carbocycles. The van der Waals surface area contributed by atoms with E-state index in [2.05, 4.69) is 0 Å². The third-order valence-electron chi connectivity index (χ3n) is 2.41. The first-order chi connectivity index (χ1) is 6.73. The fourth-order valence-corrected chi connectivity index (χ4v) is 2.42. The van der Waals surface area contributed by atoms with Gasteiger partial charge in [-0.1, -0.05) is 19.1 Å². The number of rotatable bonds is 4. The Morgan fingerprint density at radius 2 is 2.27 bits per heavy atom. The van der Waals surface area contributed by atoms with Crippen LogP contribution in [0.15, 0.2) is 12.2 Å². The maximum Gasteiger partial charge on any atom is 0.304 e. The van der Waals surface area contributed by atoms with Gasteiger partial charge in [0.2, 0.25) is 0 Å². The summed E-state index contributed by atoms with van der Waals surface area (Å²) in [4.78, 5) is 10.6. The molecular weight excluding hydrogens is 220 g/mol. The van der Waals surface area contributed by atoms with E-state index in [1.54, 1.807) is 19.1 Å². The highest BCUT2D eigenvalue weighted by Crippen LogP contribution is 2.38. The van der Waals surface area contributed by atoms with Gasteiger partial charge in [0.25, 0.3) is 10.1 Å². The van der Waals surface area contributed by atoms with Gasteiger partial charge in [-0.25, -0.2) is 0 Å². The SMILES string of the molecule is CC1(CC(=O)O)C=CCC1OS(C)(=O)=O. The van der Waals surface area contributed by atoms with Crippen LogP contribution in [0.3, 0.4) is 0 Å². The molecule has 0 saturated heterocycles. The van der Waals surface area contributed by atoms with E-state index in [0.29, 0.717) is 6.42 Å². The Balaban J connectivity index is 2.79. The van der Waals surface area contributed by atoms with Gasteiger partial charge in [-0.15, -0.1) is 0 Å². The van der Waals surface area contributed by atoms with E-state index in [-0.39, 0.29) is 6.42 Å². The van der Waals surface area contributed by atoms with Crippen LogP contribution in [0.25, 0.3) is 0 Å². The van der Waals surface area contributed by atoms with Gasteiger partial charge in [-0.05, 0) is 6.42 Å². The van der Waals surface area contributed by atoms with E-state index in [1.165, 1.54) is 0 Å². The normalized spacial score (nSPS) is 30.7. The van der Waals surface area contributed by atoms with Gasteiger partial charge in [0.15, 0.2) is 0 Å². The van der Waals surface area contributed by atoms with E-state index >= 15 is 0 Å². The van der Waals surface area contributed by atoms with E-state index in [0.717, 1.165) is 6.26 Å². The summed E-state index contributed by atoms with van der Waals surface area (Å²) >= 11 is 0. The Morgan fingerprint density at radius 3 is 2.73 bits per heavy atom. The van der Waals surface area contributed by atoms with E-state index in [4.69, 9.17) is 9.29 Å². The second-order valence-electron chi connectivity index (χ2n) is 4.00. The molecule has 0 aliphatic heterocycles. The topological polar surface area (TPSA) is 80.7 Å². The number of carboxylic acid groups (broad SMARTS) is 1. The molecule has 0 saturated carbocycles. The van der Waals surface area contributed by atoms with Crippen molar-refractivity contribution in [3.63, 3.8) is 0 Å². The first kappa shape index (κ1) is 12.2. The third-order valence-corrected chi connectivity index (χ3v) is 2.99. The lowest BCUT2D eigenvalue weighted by atomic mass is 9.84. The molecule has 0 bridgehead atoms. The molecule has 86 valence electrons. The number of hydrogen-bond acceptors (Lipinski definition) is 4. The van der Waals surface area contributed by atoms with E-state index < -0.39 is 27.6 Å². The van der Waals surface area contributed by atoms with Crippen LogP contribution >= 0.6 is 0 Å². The van der Waals surface area contributed by atoms with Crippen molar-refractivity contribution in [2.24, 2.45) is 5.41 Å². The summed E-state index contributed by atoms with van der Waals surface area (Å²) in [5.74, 6) is -0.967. The second-order valence-corrected chi connectivity index (χ2v) is 5.60. The Hall–Kier alpha value is -0.880. The summed E-state index contributed by atoms with van der Waals surface area (Å²) in [6.45, 7) is 1.68. The monoisotopic (exact) mass is 234 g/mol. The maximum atomic E-state index is 11.0. The molecule has 0 radical (unpaired) electrons. The highest BCUT2D eigenvalue weighted by Gasteiger charge is 2.39. The zero-order valence-electron chi connectivity index (χ0n) is 8.63. The van der Waals surface area contributed by atoms with E-state index in [1.807, 2.05) is 0 Å². The lowest BCUT2D eigenvalue weighted by molar-refractivity contribution is -0.139. The standard InChI is InChI=1S/C9H14O5S/c1-9(6-8(10)11)5-3-4-7(9)14-15(2,12)13/h3,5,7H,4,6H2,1-2H3,(H,10,11). The van der Waals surface area contributed by atoms with Crippen LogP contribution in [0, 0.1) is 5.41 Å². The molecule has 6 heteroatoms. The van der Waals surface area contributed by atoms with Crippen molar-refractivity contribution in [3.05, 3.63) is 12.2 Å². The highest BCUT2D eigenvalue weighted by molar-refractivity contribution is 7.86. The molecule has 2 atom stereocenters. The van der Waals surface area contributed by atoms with Gasteiger partial charge in [0.1, 0.15) is 0 Å². The Bertz CT molecular complexity index is 383. The molecule has 0 amide bonds. The van der Waals surface area contributed by atoms with Crippen LogP contribution in [-0.2, 0) is 19.1 Å². The lowest BCUT2D eigenvalue weighted by Crippen LogP contribution is -2.33. The van der Waals surface area contributed by atoms with Crippen molar-refractivity contribution in [1.29, 1.82) is 0 Å². The first-order valence-electron chi connectivity index (χ1n) is 4.51. The number of aliphatic carboxylic acids is 1. The van der Waals surface area contributed by atoms with E-state index in [9.17, 15) is 13.2 Å². The Morgan fingerprint density at radius 1 is 1.67 bits per heavy atom. The molecule has 1 aliphatic rings. The van der Waals surface area contributed by atoms with Crippen molar-refractivity contribution in [3.8, 4) is 0 Å². The van der Waals surface area contributed by atoms with Crippen molar-refractivity contribution >= 4 is 16.1 Å². The van der Waals surface area contributed by atoms with Gasteiger partial charge in [-0.2, -0.15) is 8.42 Å². The summed E-state index contributed by atoms with van der Waals surface area (Å²) in [5.41, 5.74) is -0.741. The van der Waals surface area contributed by atoms with Crippen LogP contribution in [0.5, 0.6) is 0 Å². The quantitative estimate of drug-likeness (QED) is 0.574. The minimum atomic E-state index is -3.55. The predicted molar refractivity (Wildman–Crippen MR) is 53.8 cm³/mol. The largest absolute Gasteiger partial charge is 0.481 e. The number of hydrogen-bond donors (Lipinski definition) is 1. The van der Waals surface area contributed by atoms with Gasteiger partial charge in [0.05, 0.1) is 18.8 Å². The smallest absolute Gasteiger partial charge is 0.304 e. The molecule has 5 nitrogen and oxygen atoms in total. The lowest BCUT2D eigenvalue weighted by Gasteiger charge is -2.27. The summed E-state index contributed by atoms with van der Waals surface area (Å²) in [6.07, 6.45) is 4.10. The molecule has 1 N–H and O–H groups in total. The molecule has 15 heavy (non-hydrogen) atoms. The fraction of sp³-hybridized carbons (Fsp3) is 0.667. The van der Waals surface area contributed by atoms with Crippen LogP contribution < -0.4 is 0 Å². The Labute approximate surface area is 88.9 Å². The molecule has 0 aromatic carbocycles. The van der Waals surface area contributed by atoms with Crippen molar-refractivity contribution in [2.75, 3.05) is 6.26 Å². The molecule has 0 aromatic heterocycles. The van der Waals surface area contributed by atoms with Crippen molar-refractivity contribution < 1.29 is 22.5 Å². The highest BCUT2D eigenvalue weighted by atomic mass is 32.2. The van der Waals surface area contributed by atoms with Crippen LogP contribution in [0.4, 0.5) is 0 Å². The van der Waals surface area contributed by atoms with Gasteiger partial charge in [0, 0.05) is 5.41 Å². The first-order valence-corrected chi connectivity index (χ1v) is 6.32. The molecule has 1 rings (SSSR count). The second kappa shape index (κ2) is 3.94. The summed E-state index contributed by atoms with van der Waals surface area (Å²) < 4.78 is 26.8. The molecule has 0 spiro atoms. The predicted octanol–water partition coefficient (Wildman–Crippen LogP) is 0.772. The summed E-state index contributed by atoms with van der Waals surface area (Å²) in [5, 5.41) is 8.72. The number of carboxylic acids is 1. The molecule has 0 fully saturated rings. The maximum absolute atomic E-state index is 11.0. The average molecular weight is 234 g/mol. The zero-order valence-corrected chi connectivity index (χ0v) is 9.45. The molecule has 0 heterocycles. The van der Waals surface area contributed by atoms with Crippen LogP contribution in [0.1, 0.15) is 19.8 Å². The van der Waals surface area contributed by atoms with Crippen LogP contribution in [0.2, 0.25) is 0 Å². The minimum absolute atomic E-state index is 0.135. The summed E-state index contributed by atoms with van der Waals surface area (Å²) in [7, 11) is -3.55. The van der Waals surface area contributed by atoms with Gasteiger partial charge < -0.3 is 5.11 Å². The summed E-state index contributed by atoms with van der Waals surface area (Å²) in [6, 6.07) is 0. The number of carbonyl (C=O) groups is 1. The van der Waals surface area contributed by atoms with Crippen molar-refractivity contribution in [2.45, 2.75) is 25.9 Å². The third kappa shape index (κ3) is 3.32. The molecule has 0 aromatic rings. The average Bonchev–Trinajstić information content (AvgIpc) is 2.27. The zero-order chi connectivity index (χ0) is 11.7. The fourth-order valence-electron chi connectivity index (χ4n) is 1.70. The van der Waals surface area contributed by atoms with Crippen LogP contribution in [-0.4, -0.2) is 31.9 Å². The van der Waals surface area contributed by atoms with Gasteiger partial charge >= 0.3 is 5.97 Å². The van der Waals surface area contributed by atoms with Crippen molar-refractivity contribution in [1.82, 2.24) is 0 Å². The minimum Gasteiger partial charge on any atom is -0.481 e. The molecular formula is C9H14O5S.